The lowest BCUT2D eigenvalue weighted by molar-refractivity contribution is 0.520. The van der Waals surface area contributed by atoms with Crippen molar-refractivity contribution in [3.05, 3.63) is 63.5 Å². The zero-order chi connectivity index (χ0) is 13.4. The van der Waals surface area contributed by atoms with E-state index in [9.17, 15) is 0 Å². The lowest BCUT2D eigenvalue weighted by Gasteiger charge is -2.07. The van der Waals surface area contributed by atoms with E-state index in [4.69, 9.17) is 21.8 Å². The van der Waals surface area contributed by atoms with Crippen LogP contribution in [0, 0.1) is 0 Å². The minimum absolute atomic E-state index is 0.390. The van der Waals surface area contributed by atoms with E-state index in [-0.39, 0.29) is 6.04 Å². The molecule has 0 bridgehead atoms. The summed E-state index contributed by atoms with van der Waals surface area (Å²) in [4.78, 5) is 4.28. The second kappa shape index (κ2) is 4.96. The average molecular weight is 338 g/mol. The first-order valence-corrected chi connectivity index (χ1v) is 6.86. The van der Waals surface area contributed by atoms with Crippen molar-refractivity contribution < 1.29 is 4.42 Å². The van der Waals surface area contributed by atoms with Crippen LogP contribution in [0.3, 0.4) is 0 Å². The maximum atomic E-state index is 6.16. The molecule has 2 aromatic heterocycles. The molecular weight excluding hydrogens is 328 g/mol. The Bertz CT molecular complexity index is 724. The molecule has 1 unspecified atom stereocenters. The summed E-state index contributed by atoms with van der Waals surface area (Å²) >= 11 is 9.30. The Morgan fingerprint density at radius 3 is 2.79 bits per heavy atom. The molecule has 1 aromatic carbocycles. The summed E-state index contributed by atoms with van der Waals surface area (Å²) in [5.74, 6) is 0.673. The highest BCUT2D eigenvalue weighted by Crippen LogP contribution is 2.28. The van der Waals surface area contributed by atoms with Crippen LogP contribution in [0.15, 0.2) is 51.5 Å². The van der Waals surface area contributed by atoms with Crippen LogP contribution < -0.4 is 5.73 Å². The second-order valence-corrected chi connectivity index (χ2v) is 5.56. The lowest BCUT2D eigenvalue weighted by atomic mass is 10.1. The zero-order valence-electron chi connectivity index (χ0n) is 9.81. The Labute approximate surface area is 123 Å². The molecule has 3 rings (SSSR count). The first-order chi connectivity index (χ1) is 9.13. The van der Waals surface area contributed by atoms with Crippen LogP contribution >= 0.6 is 27.5 Å². The maximum absolute atomic E-state index is 6.16. The van der Waals surface area contributed by atoms with Gasteiger partial charge in [0.1, 0.15) is 17.4 Å². The number of hydrogen-bond acceptors (Lipinski definition) is 3. The van der Waals surface area contributed by atoms with Crippen molar-refractivity contribution in [2.45, 2.75) is 6.04 Å². The molecule has 1 atom stereocenters. The molecule has 0 aliphatic rings. The minimum atomic E-state index is -0.390. The third-order valence-corrected chi connectivity index (χ3v) is 3.58. The van der Waals surface area contributed by atoms with Crippen LogP contribution in [0.1, 0.15) is 17.5 Å². The molecule has 0 aliphatic carbocycles. The number of pyridine rings is 1. The van der Waals surface area contributed by atoms with Crippen LogP contribution in [-0.4, -0.2) is 4.98 Å². The van der Waals surface area contributed by atoms with Gasteiger partial charge in [0.25, 0.3) is 0 Å². The molecule has 3 nitrogen and oxygen atoms in total. The van der Waals surface area contributed by atoms with E-state index in [2.05, 4.69) is 20.9 Å². The van der Waals surface area contributed by atoms with E-state index in [0.29, 0.717) is 10.8 Å². The van der Waals surface area contributed by atoms with Crippen molar-refractivity contribution in [3.63, 3.8) is 0 Å². The molecule has 2 N–H and O–H groups in total. The highest BCUT2D eigenvalue weighted by molar-refractivity contribution is 9.10. The molecule has 2 heterocycles. The summed E-state index contributed by atoms with van der Waals surface area (Å²) in [5, 5.41) is 1.62. The molecule has 96 valence electrons. The van der Waals surface area contributed by atoms with Gasteiger partial charge < -0.3 is 10.2 Å². The summed E-state index contributed by atoms with van der Waals surface area (Å²) in [6, 6.07) is 10.8. The molecule has 0 spiro atoms. The van der Waals surface area contributed by atoms with Crippen LogP contribution in [-0.2, 0) is 0 Å². The molecular formula is C14H10BrClN2O. The fourth-order valence-corrected chi connectivity index (χ4v) is 2.32. The van der Waals surface area contributed by atoms with Gasteiger partial charge in [-0.1, -0.05) is 11.6 Å². The Morgan fingerprint density at radius 1 is 1.21 bits per heavy atom. The topological polar surface area (TPSA) is 52.0 Å². The van der Waals surface area contributed by atoms with E-state index in [0.717, 1.165) is 21.1 Å². The van der Waals surface area contributed by atoms with E-state index in [1.54, 1.807) is 12.3 Å². The molecule has 0 saturated carbocycles. The van der Waals surface area contributed by atoms with Gasteiger partial charge >= 0.3 is 0 Å². The molecule has 5 heteroatoms. The van der Waals surface area contributed by atoms with Gasteiger partial charge in [0, 0.05) is 21.1 Å². The van der Waals surface area contributed by atoms with Gasteiger partial charge in [-0.3, -0.25) is 4.98 Å². The van der Waals surface area contributed by atoms with Crippen molar-refractivity contribution in [2.24, 2.45) is 5.73 Å². The number of nitrogens with zero attached hydrogens (tertiary/aromatic N) is 1. The van der Waals surface area contributed by atoms with E-state index in [1.165, 1.54) is 0 Å². The first kappa shape index (κ1) is 12.7. The second-order valence-electron chi connectivity index (χ2n) is 4.21. The number of rotatable bonds is 2. The fraction of sp³-hybridized carbons (Fsp3) is 0.0714. The highest BCUT2D eigenvalue weighted by Gasteiger charge is 2.15. The van der Waals surface area contributed by atoms with Gasteiger partial charge in [-0.15, -0.1) is 0 Å². The Morgan fingerprint density at radius 2 is 2.05 bits per heavy atom. The smallest absolute Gasteiger partial charge is 0.134 e. The number of halogens is 2. The molecule has 0 radical (unpaired) electrons. The van der Waals surface area contributed by atoms with Gasteiger partial charge in [0.05, 0.1) is 5.69 Å². The molecule has 19 heavy (non-hydrogen) atoms. The normalized spacial score (nSPS) is 12.8. The number of furan rings is 1. The van der Waals surface area contributed by atoms with Gasteiger partial charge in [0.15, 0.2) is 0 Å². The van der Waals surface area contributed by atoms with Crippen LogP contribution in [0.2, 0.25) is 5.02 Å². The average Bonchev–Trinajstić information content (AvgIpc) is 2.81. The molecule has 0 saturated heterocycles. The lowest BCUT2D eigenvalue weighted by Crippen LogP contribution is -2.12. The first-order valence-electron chi connectivity index (χ1n) is 5.69. The van der Waals surface area contributed by atoms with Crippen molar-refractivity contribution in [1.82, 2.24) is 4.98 Å². The van der Waals surface area contributed by atoms with Crippen LogP contribution in [0.5, 0.6) is 0 Å². The largest absolute Gasteiger partial charge is 0.459 e. The SMILES string of the molecule is NC(c1ccc(Br)cn1)c1cc2cc(Cl)ccc2o1. The molecule has 3 aromatic rings. The summed E-state index contributed by atoms with van der Waals surface area (Å²) < 4.78 is 6.65. The number of nitrogens with two attached hydrogens (primary N) is 1. The van der Waals surface area contributed by atoms with Gasteiger partial charge in [-0.2, -0.15) is 0 Å². The van der Waals surface area contributed by atoms with Crippen molar-refractivity contribution in [3.8, 4) is 0 Å². The quantitative estimate of drug-likeness (QED) is 0.759. The Kier molecular flexibility index (Phi) is 3.31. The summed E-state index contributed by atoms with van der Waals surface area (Å²) in [5.41, 5.74) is 7.69. The predicted molar refractivity (Wildman–Crippen MR) is 79.2 cm³/mol. The molecule has 0 fully saturated rings. The Balaban J connectivity index is 2.01. The third-order valence-electron chi connectivity index (χ3n) is 2.87. The maximum Gasteiger partial charge on any atom is 0.134 e. The van der Waals surface area contributed by atoms with Crippen molar-refractivity contribution in [1.29, 1.82) is 0 Å². The third kappa shape index (κ3) is 2.52. The number of aromatic nitrogens is 1. The van der Waals surface area contributed by atoms with Crippen molar-refractivity contribution in [2.75, 3.05) is 0 Å². The zero-order valence-corrected chi connectivity index (χ0v) is 12.1. The van der Waals surface area contributed by atoms with E-state index < -0.39 is 0 Å². The fourth-order valence-electron chi connectivity index (χ4n) is 1.90. The summed E-state index contributed by atoms with van der Waals surface area (Å²) in [6.07, 6.45) is 1.72. The Hall–Kier alpha value is -1.36. The van der Waals surface area contributed by atoms with Gasteiger partial charge in [-0.05, 0) is 52.3 Å². The summed E-state index contributed by atoms with van der Waals surface area (Å²) in [6.45, 7) is 0. The van der Waals surface area contributed by atoms with Gasteiger partial charge in [0.2, 0.25) is 0 Å². The van der Waals surface area contributed by atoms with Crippen LogP contribution in [0.4, 0.5) is 0 Å². The van der Waals surface area contributed by atoms with Crippen molar-refractivity contribution >= 4 is 38.5 Å². The monoisotopic (exact) mass is 336 g/mol. The number of benzene rings is 1. The minimum Gasteiger partial charge on any atom is -0.459 e. The number of hydrogen-bond donors (Lipinski definition) is 1. The summed E-state index contributed by atoms with van der Waals surface area (Å²) in [7, 11) is 0. The molecule has 0 amide bonds. The van der Waals surface area contributed by atoms with E-state index in [1.807, 2.05) is 30.3 Å². The molecule has 0 aliphatic heterocycles. The van der Waals surface area contributed by atoms with Crippen LogP contribution in [0.25, 0.3) is 11.0 Å². The highest BCUT2D eigenvalue weighted by atomic mass is 79.9. The van der Waals surface area contributed by atoms with E-state index >= 15 is 0 Å². The predicted octanol–water partition coefficient (Wildman–Crippen LogP) is 4.29. The standard InChI is InChI=1S/C14H10BrClN2O/c15-9-1-3-11(18-7-9)14(17)13-6-8-5-10(16)2-4-12(8)19-13/h1-7,14H,17H2. The van der Waals surface area contributed by atoms with Gasteiger partial charge in [-0.25, -0.2) is 0 Å². The number of fused-ring (bicyclic) bond motifs is 1.